The van der Waals surface area contributed by atoms with E-state index in [1.807, 2.05) is 12.1 Å². The molecule has 0 atom stereocenters. The van der Waals surface area contributed by atoms with Crippen molar-refractivity contribution < 1.29 is 5.11 Å². The van der Waals surface area contributed by atoms with E-state index in [9.17, 15) is 5.11 Å². The normalized spacial score (nSPS) is 11.6. The third-order valence-corrected chi connectivity index (χ3v) is 2.17. The Morgan fingerprint density at radius 2 is 1.88 bits per heavy atom. The summed E-state index contributed by atoms with van der Waals surface area (Å²) in [6.07, 6.45) is 4.18. The van der Waals surface area contributed by atoms with Crippen molar-refractivity contribution in [2.45, 2.75) is 33.7 Å². The van der Waals surface area contributed by atoms with Crippen LogP contribution in [-0.2, 0) is 0 Å². The van der Waals surface area contributed by atoms with Gasteiger partial charge in [-0.05, 0) is 25.8 Å². The van der Waals surface area contributed by atoms with Crippen LogP contribution in [0.15, 0.2) is 24.3 Å². The number of benzene rings is 1. The Hall–Kier alpha value is -1.44. The third kappa shape index (κ3) is 3.61. The molecule has 0 saturated heterocycles. The first-order chi connectivity index (χ1) is 7.50. The molecule has 0 heterocycles. The summed E-state index contributed by atoms with van der Waals surface area (Å²) in [6.45, 7) is 8.38. The van der Waals surface area contributed by atoms with Gasteiger partial charge in [0.2, 0.25) is 0 Å². The molecule has 0 aliphatic heterocycles. The average Bonchev–Trinajstić information content (AvgIpc) is 2.18. The molecule has 0 aliphatic rings. The Morgan fingerprint density at radius 1 is 1.19 bits per heavy atom. The SMILES string of the molecule is CC(C)/C=C\c1cccc(O)c1NC(C)C. The van der Waals surface area contributed by atoms with E-state index >= 15 is 0 Å². The van der Waals surface area contributed by atoms with Crippen LogP contribution in [-0.4, -0.2) is 11.1 Å². The standard InChI is InChI=1S/C14H21NO/c1-10(2)8-9-12-6-5-7-13(16)14(12)15-11(3)4/h5-11,15-16H,1-4H3/b9-8-. The lowest BCUT2D eigenvalue weighted by Crippen LogP contribution is -2.10. The summed E-state index contributed by atoms with van der Waals surface area (Å²) < 4.78 is 0. The second-order valence-corrected chi connectivity index (χ2v) is 4.64. The van der Waals surface area contributed by atoms with Crippen molar-refractivity contribution >= 4 is 11.8 Å². The van der Waals surface area contributed by atoms with Crippen molar-refractivity contribution in [3.63, 3.8) is 0 Å². The number of phenols is 1. The van der Waals surface area contributed by atoms with E-state index in [0.29, 0.717) is 17.7 Å². The van der Waals surface area contributed by atoms with Crippen molar-refractivity contribution in [2.75, 3.05) is 5.32 Å². The number of nitrogens with one attached hydrogen (secondary N) is 1. The molecule has 0 amide bonds. The predicted molar refractivity (Wildman–Crippen MR) is 70.7 cm³/mol. The highest BCUT2D eigenvalue weighted by atomic mass is 16.3. The number of rotatable bonds is 4. The van der Waals surface area contributed by atoms with Crippen molar-refractivity contribution in [3.05, 3.63) is 29.8 Å². The number of phenolic OH excluding ortho intramolecular Hbond substituents is 1. The first-order valence-electron chi connectivity index (χ1n) is 5.77. The van der Waals surface area contributed by atoms with E-state index in [1.54, 1.807) is 6.07 Å². The molecule has 0 aromatic heterocycles. The molecule has 88 valence electrons. The molecule has 0 radical (unpaired) electrons. The zero-order valence-corrected chi connectivity index (χ0v) is 10.5. The van der Waals surface area contributed by atoms with Crippen molar-refractivity contribution in [2.24, 2.45) is 5.92 Å². The summed E-state index contributed by atoms with van der Waals surface area (Å²) in [4.78, 5) is 0. The van der Waals surface area contributed by atoms with Crippen molar-refractivity contribution in [1.29, 1.82) is 0 Å². The Bertz CT molecular complexity index is 367. The van der Waals surface area contributed by atoms with Crippen LogP contribution in [0.5, 0.6) is 5.75 Å². The smallest absolute Gasteiger partial charge is 0.139 e. The molecule has 0 spiro atoms. The van der Waals surface area contributed by atoms with Gasteiger partial charge in [0.25, 0.3) is 0 Å². The van der Waals surface area contributed by atoms with Gasteiger partial charge in [-0.25, -0.2) is 0 Å². The first-order valence-corrected chi connectivity index (χ1v) is 5.77. The second-order valence-electron chi connectivity index (χ2n) is 4.64. The molecule has 0 saturated carbocycles. The molecule has 1 aromatic rings. The van der Waals surface area contributed by atoms with Gasteiger partial charge in [-0.2, -0.15) is 0 Å². The van der Waals surface area contributed by atoms with E-state index in [4.69, 9.17) is 0 Å². The first kappa shape index (κ1) is 12.6. The van der Waals surface area contributed by atoms with Gasteiger partial charge in [0.1, 0.15) is 5.75 Å². The lowest BCUT2D eigenvalue weighted by atomic mass is 10.1. The summed E-state index contributed by atoms with van der Waals surface area (Å²) in [5, 5.41) is 13.1. The largest absolute Gasteiger partial charge is 0.506 e. The molecule has 0 bridgehead atoms. The van der Waals surface area contributed by atoms with E-state index in [-0.39, 0.29) is 0 Å². The average molecular weight is 219 g/mol. The van der Waals surface area contributed by atoms with Gasteiger partial charge in [0.15, 0.2) is 0 Å². The Kier molecular flexibility index (Phi) is 4.41. The summed E-state index contributed by atoms with van der Waals surface area (Å²) >= 11 is 0. The number of allylic oxidation sites excluding steroid dienone is 1. The predicted octanol–water partition coefficient (Wildman–Crippen LogP) is 3.88. The lowest BCUT2D eigenvalue weighted by Gasteiger charge is -2.14. The van der Waals surface area contributed by atoms with Crippen molar-refractivity contribution in [1.82, 2.24) is 0 Å². The highest BCUT2D eigenvalue weighted by molar-refractivity contribution is 5.72. The van der Waals surface area contributed by atoms with Gasteiger partial charge in [-0.15, -0.1) is 0 Å². The van der Waals surface area contributed by atoms with Crippen LogP contribution in [0.4, 0.5) is 5.69 Å². The molecule has 1 rings (SSSR count). The maximum absolute atomic E-state index is 9.81. The molecule has 16 heavy (non-hydrogen) atoms. The fraction of sp³-hybridized carbons (Fsp3) is 0.429. The van der Waals surface area contributed by atoms with E-state index in [0.717, 1.165) is 11.3 Å². The molecular formula is C14H21NO. The monoisotopic (exact) mass is 219 g/mol. The van der Waals surface area contributed by atoms with Gasteiger partial charge in [-0.3, -0.25) is 0 Å². The Labute approximate surface area is 98.0 Å². The number of hydrogen-bond acceptors (Lipinski definition) is 2. The quantitative estimate of drug-likeness (QED) is 0.753. The minimum absolute atomic E-state index is 0.305. The van der Waals surface area contributed by atoms with Crippen LogP contribution in [0.3, 0.4) is 0 Å². The minimum atomic E-state index is 0.305. The molecular weight excluding hydrogens is 198 g/mol. The van der Waals surface area contributed by atoms with Crippen LogP contribution < -0.4 is 5.32 Å². The Balaban J connectivity index is 3.02. The zero-order valence-electron chi connectivity index (χ0n) is 10.5. The highest BCUT2D eigenvalue weighted by Crippen LogP contribution is 2.29. The van der Waals surface area contributed by atoms with Crippen LogP contribution in [0.2, 0.25) is 0 Å². The number of hydrogen-bond donors (Lipinski definition) is 2. The topological polar surface area (TPSA) is 32.3 Å². The number of para-hydroxylation sites is 1. The molecule has 0 fully saturated rings. The maximum Gasteiger partial charge on any atom is 0.139 e. The summed E-state index contributed by atoms with van der Waals surface area (Å²) in [7, 11) is 0. The van der Waals surface area contributed by atoms with E-state index in [2.05, 4.69) is 45.2 Å². The third-order valence-electron chi connectivity index (χ3n) is 2.17. The van der Waals surface area contributed by atoms with E-state index in [1.165, 1.54) is 0 Å². The highest BCUT2D eigenvalue weighted by Gasteiger charge is 2.06. The van der Waals surface area contributed by atoms with Gasteiger partial charge < -0.3 is 10.4 Å². The maximum atomic E-state index is 9.81. The summed E-state index contributed by atoms with van der Waals surface area (Å²) in [6, 6.07) is 5.88. The summed E-state index contributed by atoms with van der Waals surface area (Å²) in [5.74, 6) is 0.814. The molecule has 0 unspecified atom stereocenters. The second kappa shape index (κ2) is 5.59. The van der Waals surface area contributed by atoms with Crippen LogP contribution in [0.25, 0.3) is 6.08 Å². The van der Waals surface area contributed by atoms with Crippen LogP contribution in [0, 0.1) is 5.92 Å². The van der Waals surface area contributed by atoms with Crippen molar-refractivity contribution in [3.8, 4) is 5.75 Å². The van der Waals surface area contributed by atoms with Crippen LogP contribution >= 0.6 is 0 Å². The molecule has 2 heteroatoms. The molecule has 2 nitrogen and oxygen atoms in total. The van der Waals surface area contributed by atoms with Gasteiger partial charge >= 0.3 is 0 Å². The summed E-state index contributed by atoms with van der Waals surface area (Å²) in [5.41, 5.74) is 1.84. The Morgan fingerprint density at radius 3 is 2.44 bits per heavy atom. The van der Waals surface area contributed by atoms with Gasteiger partial charge in [0, 0.05) is 11.6 Å². The molecule has 1 aromatic carbocycles. The number of aromatic hydroxyl groups is 1. The fourth-order valence-corrected chi connectivity index (χ4v) is 1.44. The lowest BCUT2D eigenvalue weighted by molar-refractivity contribution is 0.476. The van der Waals surface area contributed by atoms with E-state index < -0.39 is 0 Å². The minimum Gasteiger partial charge on any atom is -0.506 e. The fourth-order valence-electron chi connectivity index (χ4n) is 1.44. The molecule has 2 N–H and O–H groups in total. The van der Waals surface area contributed by atoms with Crippen LogP contribution in [0.1, 0.15) is 33.3 Å². The molecule has 0 aliphatic carbocycles. The number of anilines is 1. The van der Waals surface area contributed by atoms with Gasteiger partial charge in [-0.1, -0.05) is 38.1 Å². The van der Waals surface area contributed by atoms with Gasteiger partial charge in [0.05, 0.1) is 5.69 Å². The zero-order chi connectivity index (χ0) is 12.1.